The van der Waals surface area contributed by atoms with E-state index in [1.807, 2.05) is 0 Å². The third-order valence-corrected chi connectivity index (χ3v) is 6.60. The van der Waals surface area contributed by atoms with E-state index in [-0.39, 0.29) is 29.5 Å². The minimum atomic E-state index is -4.96. The van der Waals surface area contributed by atoms with E-state index in [2.05, 4.69) is 5.32 Å². The highest BCUT2D eigenvalue weighted by molar-refractivity contribution is 5.57. The fourth-order valence-corrected chi connectivity index (χ4v) is 4.94. The molecule has 0 saturated heterocycles. The highest BCUT2D eigenvalue weighted by Crippen LogP contribution is 2.45. The van der Waals surface area contributed by atoms with E-state index in [9.17, 15) is 35.5 Å². The number of nitrogens with two attached hydrogens (primary N) is 1. The van der Waals surface area contributed by atoms with Crippen molar-refractivity contribution < 1.29 is 40.3 Å². The quantitative estimate of drug-likeness (QED) is 0.341. The van der Waals surface area contributed by atoms with E-state index in [0.717, 1.165) is 0 Å². The maximum Gasteiger partial charge on any atom is 0.416 e. The first kappa shape index (κ1) is 28.1. The average Bonchev–Trinajstić information content (AvgIpc) is 3.24. The smallest absolute Gasteiger partial charge is 0.373 e. The Balaban J connectivity index is 1.89. The van der Waals surface area contributed by atoms with Crippen molar-refractivity contribution in [3.05, 3.63) is 70.5 Å². The molecular weight excluding hydrogens is 493 g/mol. The summed E-state index contributed by atoms with van der Waals surface area (Å²) in [6.07, 6.45) is -8.46. The molecule has 11 heteroatoms. The summed E-state index contributed by atoms with van der Waals surface area (Å²) in [5, 5.41) is 3.14. The molecule has 3 N–H and O–H groups in total. The first-order valence-electron chi connectivity index (χ1n) is 11.4. The van der Waals surface area contributed by atoms with Crippen molar-refractivity contribution in [2.24, 2.45) is 11.7 Å². The van der Waals surface area contributed by atoms with Gasteiger partial charge in [-0.2, -0.15) is 26.3 Å². The number of hydrogen-bond donors (Lipinski definition) is 2. The predicted octanol–water partition coefficient (Wildman–Crippen LogP) is 5.45. The van der Waals surface area contributed by atoms with Gasteiger partial charge in [-0.05, 0) is 73.7 Å². The molecule has 0 unspecified atom stereocenters. The molecule has 1 fully saturated rings. The number of rotatable bonds is 9. The van der Waals surface area contributed by atoms with Crippen molar-refractivity contribution in [2.45, 2.75) is 62.3 Å². The van der Waals surface area contributed by atoms with E-state index in [0.29, 0.717) is 43.2 Å². The highest BCUT2D eigenvalue weighted by atomic mass is 19.4. The molecule has 2 aromatic carbocycles. The Hall–Kier alpha value is -2.50. The van der Waals surface area contributed by atoms with Gasteiger partial charge in [-0.15, -0.1) is 0 Å². The molecule has 4 nitrogen and oxygen atoms in total. The lowest BCUT2D eigenvalue weighted by Gasteiger charge is -2.32. The number of nitrogens with one attached hydrogen (secondary N) is 1. The Bertz CT molecular complexity index is 992. The lowest BCUT2D eigenvalue weighted by atomic mass is 9.81. The number of ether oxygens (including phenoxy) is 1. The maximum absolute atomic E-state index is 13.6. The standard InChI is InChI=1S/C25H27F7N2O2/c1-34-21(11-19(33)12-35)20-6-7-22(23(20)15-2-4-18(26)5-3-15)36-13-14-8-16(24(27,28)29)10-17(9-14)25(30,31)32/h2-5,8-10,12,19-23,34H,6-7,11,13,33H2,1H3/t19-,20+,21-,22+,23+/m1/s1. The van der Waals surface area contributed by atoms with Crippen LogP contribution in [0.25, 0.3) is 0 Å². The van der Waals surface area contributed by atoms with Gasteiger partial charge in [0.2, 0.25) is 0 Å². The molecule has 1 aliphatic carbocycles. The van der Waals surface area contributed by atoms with Gasteiger partial charge >= 0.3 is 12.4 Å². The number of aldehydes is 1. The summed E-state index contributed by atoms with van der Waals surface area (Å²) < 4.78 is 98.8. The molecule has 0 spiro atoms. The molecule has 0 amide bonds. The second kappa shape index (κ2) is 11.3. The molecular formula is C25H27F7N2O2. The van der Waals surface area contributed by atoms with Crippen LogP contribution in [0.2, 0.25) is 0 Å². The SMILES string of the molecule is CN[C@H](C[C@@H](N)C=O)[C@@H]1CC[C@H](OCc2cc(C(F)(F)F)cc(C(F)(F)F)c2)[C@H]1c1ccc(F)cc1. The fourth-order valence-electron chi connectivity index (χ4n) is 4.94. The van der Waals surface area contributed by atoms with Gasteiger partial charge < -0.3 is 20.6 Å². The minimum absolute atomic E-state index is 0.0736. The zero-order valence-corrected chi connectivity index (χ0v) is 19.4. The topological polar surface area (TPSA) is 64.3 Å². The molecule has 5 atom stereocenters. The number of benzene rings is 2. The zero-order chi connectivity index (χ0) is 26.7. The van der Waals surface area contributed by atoms with Crippen LogP contribution in [0.5, 0.6) is 0 Å². The molecule has 0 radical (unpaired) electrons. The monoisotopic (exact) mass is 520 g/mol. The van der Waals surface area contributed by atoms with Crippen molar-refractivity contribution in [2.75, 3.05) is 7.05 Å². The van der Waals surface area contributed by atoms with Gasteiger partial charge in [0.15, 0.2) is 0 Å². The van der Waals surface area contributed by atoms with Crippen LogP contribution in [0, 0.1) is 11.7 Å². The Morgan fingerprint density at radius 1 is 1.03 bits per heavy atom. The molecule has 198 valence electrons. The third-order valence-electron chi connectivity index (χ3n) is 6.60. The molecule has 0 aromatic heterocycles. The molecule has 0 bridgehead atoms. The van der Waals surface area contributed by atoms with Crippen molar-refractivity contribution in [1.82, 2.24) is 5.32 Å². The van der Waals surface area contributed by atoms with Crippen molar-refractivity contribution >= 4 is 6.29 Å². The number of alkyl halides is 6. The van der Waals surface area contributed by atoms with Gasteiger partial charge in [0.05, 0.1) is 29.9 Å². The fraction of sp³-hybridized carbons (Fsp3) is 0.480. The van der Waals surface area contributed by atoms with Crippen molar-refractivity contribution in [3.63, 3.8) is 0 Å². The predicted molar refractivity (Wildman–Crippen MR) is 118 cm³/mol. The van der Waals surface area contributed by atoms with Crippen LogP contribution in [0.4, 0.5) is 30.7 Å². The van der Waals surface area contributed by atoms with E-state index >= 15 is 0 Å². The number of carbonyl (C=O) groups excluding carboxylic acids is 1. The zero-order valence-electron chi connectivity index (χ0n) is 19.4. The Morgan fingerprint density at radius 3 is 2.11 bits per heavy atom. The first-order valence-corrected chi connectivity index (χ1v) is 11.4. The normalized spacial score (nSPS) is 22.4. The summed E-state index contributed by atoms with van der Waals surface area (Å²) >= 11 is 0. The van der Waals surface area contributed by atoms with Crippen molar-refractivity contribution in [3.8, 4) is 0 Å². The van der Waals surface area contributed by atoms with Crippen LogP contribution in [-0.2, 0) is 28.5 Å². The summed E-state index contributed by atoms with van der Waals surface area (Å²) in [6, 6.07) is 6.12. The van der Waals surface area contributed by atoms with Crippen LogP contribution < -0.4 is 11.1 Å². The average molecular weight is 520 g/mol. The van der Waals surface area contributed by atoms with E-state index in [1.165, 1.54) is 12.1 Å². The number of halogens is 7. The van der Waals surface area contributed by atoms with Gasteiger partial charge in [0.25, 0.3) is 0 Å². The van der Waals surface area contributed by atoms with Crippen LogP contribution in [0.1, 0.15) is 47.4 Å². The molecule has 1 saturated carbocycles. The molecule has 1 aliphatic rings. The van der Waals surface area contributed by atoms with Crippen LogP contribution in [0.15, 0.2) is 42.5 Å². The van der Waals surface area contributed by atoms with Crippen molar-refractivity contribution in [1.29, 1.82) is 0 Å². The van der Waals surface area contributed by atoms with Crippen LogP contribution in [-0.4, -0.2) is 31.5 Å². The highest BCUT2D eigenvalue weighted by Gasteiger charge is 2.42. The number of hydrogen-bond acceptors (Lipinski definition) is 4. The van der Waals surface area contributed by atoms with Gasteiger partial charge in [0.1, 0.15) is 12.1 Å². The summed E-state index contributed by atoms with van der Waals surface area (Å²) in [7, 11) is 1.71. The van der Waals surface area contributed by atoms with Crippen LogP contribution in [0.3, 0.4) is 0 Å². The Morgan fingerprint density at radius 2 is 1.61 bits per heavy atom. The summed E-state index contributed by atoms with van der Waals surface area (Å²) in [5.74, 6) is -0.930. The van der Waals surface area contributed by atoms with E-state index in [1.54, 1.807) is 19.2 Å². The molecule has 0 heterocycles. The summed E-state index contributed by atoms with van der Waals surface area (Å²) in [5.41, 5.74) is 3.45. The molecule has 3 rings (SSSR count). The van der Waals surface area contributed by atoms with Gasteiger partial charge in [0, 0.05) is 12.0 Å². The van der Waals surface area contributed by atoms with Gasteiger partial charge in [-0.3, -0.25) is 0 Å². The largest absolute Gasteiger partial charge is 0.416 e. The lowest BCUT2D eigenvalue weighted by Crippen LogP contribution is -2.41. The summed E-state index contributed by atoms with van der Waals surface area (Å²) in [4.78, 5) is 11.1. The third kappa shape index (κ3) is 6.83. The lowest BCUT2D eigenvalue weighted by molar-refractivity contribution is -0.143. The molecule has 2 aromatic rings. The van der Waals surface area contributed by atoms with E-state index < -0.39 is 48.0 Å². The molecule has 36 heavy (non-hydrogen) atoms. The molecule has 0 aliphatic heterocycles. The minimum Gasteiger partial charge on any atom is -0.373 e. The number of carbonyl (C=O) groups is 1. The van der Waals surface area contributed by atoms with Gasteiger partial charge in [-0.25, -0.2) is 4.39 Å². The van der Waals surface area contributed by atoms with E-state index in [4.69, 9.17) is 10.5 Å². The van der Waals surface area contributed by atoms with Crippen LogP contribution >= 0.6 is 0 Å². The summed E-state index contributed by atoms with van der Waals surface area (Å²) in [6.45, 7) is -0.472. The Kier molecular flexibility index (Phi) is 8.79. The second-order valence-electron chi connectivity index (χ2n) is 9.01. The second-order valence-corrected chi connectivity index (χ2v) is 9.01. The Labute approximate surface area is 204 Å². The van der Waals surface area contributed by atoms with Gasteiger partial charge in [-0.1, -0.05) is 12.1 Å². The maximum atomic E-state index is 13.6. The first-order chi connectivity index (χ1) is 16.8.